The van der Waals surface area contributed by atoms with Crippen LogP contribution in [-0.2, 0) is 4.79 Å². The number of piperidine rings is 1. The van der Waals surface area contributed by atoms with Gasteiger partial charge >= 0.3 is 0 Å². The van der Waals surface area contributed by atoms with Crippen LogP contribution in [0.25, 0.3) is 0 Å². The minimum Gasteiger partial charge on any atom is -0.354 e. The molecule has 96 valence electrons. The third-order valence-electron chi connectivity index (χ3n) is 2.78. The number of nitrogens with one attached hydrogen (secondary N) is 2. The van der Waals surface area contributed by atoms with E-state index in [0.29, 0.717) is 30.0 Å². The van der Waals surface area contributed by atoms with Gasteiger partial charge in [0.2, 0.25) is 5.91 Å². The van der Waals surface area contributed by atoms with E-state index in [4.69, 9.17) is 11.6 Å². The van der Waals surface area contributed by atoms with Crippen molar-refractivity contribution in [1.29, 1.82) is 0 Å². The summed E-state index contributed by atoms with van der Waals surface area (Å²) in [5.74, 6) is -0.0845. The number of halogens is 2. The molecule has 1 aliphatic heterocycles. The van der Waals surface area contributed by atoms with Gasteiger partial charge in [-0.15, -0.1) is 0 Å². The molecule has 1 aromatic carbocycles. The van der Waals surface area contributed by atoms with Crippen molar-refractivity contribution in [3.05, 3.63) is 32.4 Å². The molecule has 0 radical (unpaired) electrons. The fourth-order valence-electron chi connectivity index (χ4n) is 1.79. The first-order chi connectivity index (χ1) is 8.56. The van der Waals surface area contributed by atoms with Crippen LogP contribution < -0.4 is 10.6 Å². The highest BCUT2D eigenvalue weighted by Gasteiger charge is 2.20. The van der Waals surface area contributed by atoms with Crippen molar-refractivity contribution in [2.45, 2.75) is 18.9 Å². The van der Waals surface area contributed by atoms with Gasteiger partial charge in [0.25, 0.3) is 5.91 Å². The molecule has 1 aromatic rings. The smallest absolute Gasteiger partial charge is 0.252 e. The van der Waals surface area contributed by atoms with Gasteiger partial charge in [0, 0.05) is 27.6 Å². The monoisotopic (exact) mass is 378 g/mol. The molecule has 2 rings (SSSR count). The lowest BCUT2D eigenvalue weighted by Gasteiger charge is -2.23. The van der Waals surface area contributed by atoms with Gasteiger partial charge in [-0.2, -0.15) is 0 Å². The quantitative estimate of drug-likeness (QED) is 0.773. The maximum Gasteiger partial charge on any atom is 0.252 e. The van der Waals surface area contributed by atoms with Gasteiger partial charge in [0.15, 0.2) is 0 Å². The molecule has 0 spiro atoms. The summed E-state index contributed by atoms with van der Waals surface area (Å²) in [5, 5.41) is 6.26. The van der Waals surface area contributed by atoms with E-state index in [9.17, 15) is 9.59 Å². The van der Waals surface area contributed by atoms with Crippen molar-refractivity contribution in [2.24, 2.45) is 0 Å². The molecule has 2 amide bonds. The van der Waals surface area contributed by atoms with Gasteiger partial charge in [-0.3, -0.25) is 9.59 Å². The lowest BCUT2D eigenvalue weighted by molar-refractivity contribution is -0.122. The van der Waals surface area contributed by atoms with Gasteiger partial charge in [0.05, 0.1) is 5.56 Å². The first-order valence-corrected chi connectivity index (χ1v) is 7.04. The van der Waals surface area contributed by atoms with E-state index in [2.05, 4.69) is 33.2 Å². The highest BCUT2D eigenvalue weighted by Crippen LogP contribution is 2.18. The summed E-state index contributed by atoms with van der Waals surface area (Å²) in [6, 6.07) is 5.16. The van der Waals surface area contributed by atoms with Gasteiger partial charge in [-0.05, 0) is 47.2 Å². The van der Waals surface area contributed by atoms with E-state index in [1.165, 1.54) is 0 Å². The SMILES string of the molecule is O=C1CC[C@H](NC(=O)c2ccc(Cl)cc2I)CN1. The van der Waals surface area contributed by atoms with E-state index in [-0.39, 0.29) is 17.9 Å². The predicted molar refractivity (Wildman–Crippen MR) is 77.7 cm³/mol. The Bertz CT molecular complexity index is 483. The molecule has 0 unspecified atom stereocenters. The molecule has 0 aliphatic carbocycles. The van der Waals surface area contributed by atoms with Crippen LogP contribution in [0.5, 0.6) is 0 Å². The standard InChI is InChI=1S/C12H12ClIN2O2/c13-7-1-3-9(10(14)5-7)12(18)16-8-2-4-11(17)15-6-8/h1,3,5,8H,2,4,6H2,(H,15,17)(H,16,18)/t8-/m0/s1. The summed E-state index contributed by atoms with van der Waals surface area (Å²) in [5.41, 5.74) is 0.608. The molecule has 0 bridgehead atoms. The maximum atomic E-state index is 12.1. The van der Waals surface area contributed by atoms with Crippen molar-refractivity contribution in [1.82, 2.24) is 10.6 Å². The molecular weight excluding hydrogens is 367 g/mol. The summed E-state index contributed by atoms with van der Waals surface area (Å²) in [6.45, 7) is 0.495. The average molecular weight is 379 g/mol. The third-order valence-corrected chi connectivity index (χ3v) is 3.90. The Balaban J connectivity index is 2.01. The van der Waals surface area contributed by atoms with Crippen molar-refractivity contribution in [3.63, 3.8) is 0 Å². The number of hydrogen-bond donors (Lipinski definition) is 2. The highest BCUT2D eigenvalue weighted by atomic mass is 127. The van der Waals surface area contributed by atoms with Crippen LogP contribution >= 0.6 is 34.2 Å². The van der Waals surface area contributed by atoms with Gasteiger partial charge in [-0.25, -0.2) is 0 Å². The molecule has 2 N–H and O–H groups in total. The summed E-state index contributed by atoms with van der Waals surface area (Å²) in [7, 11) is 0. The van der Waals surface area contributed by atoms with Crippen LogP contribution in [0.4, 0.5) is 0 Å². The number of hydrogen-bond acceptors (Lipinski definition) is 2. The zero-order valence-electron chi connectivity index (χ0n) is 9.50. The van der Waals surface area contributed by atoms with E-state index >= 15 is 0 Å². The van der Waals surface area contributed by atoms with Crippen molar-refractivity contribution < 1.29 is 9.59 Å². The van der Waals surface area contributed by atoms with Gasteiger partial charge in [-0.1, -0.05) is 11.6 Å². The summed E-state index contributed by atoms with van der Waals surface area (Å²) in [6.07, 6.45) is 1.14. The third kappa shape index (κ3) is 3.35. The number of amides is 2. The average Bonchev–Trinajstić information content (AvgIpc) is 2.32. The Morgan fingerprint density at radius 3 is 2.89 bits per heavy atom. The topological polar surface area (TPSA) is 58.2 Å². The fraction of sp³-hybridized carbons (Fsp3) is 0.333. The molecule has 1 saturated heterocycles. The van der Waals surface area contributed by atoms with Gasteiger partial charge < -0.3 is 10.6 Å². The Morgan fingerprint density at radius 2 is 2.28 bits per heavy atom. The van der Waals surface area contributed by atoms with E-state index < -0.39 is 0 Å². The zero-order valence-corrected chi connectivity index (χ0v) is 12.4. The summed E-state index contributed by atoms with van der Waals surface area (Å²) >= 11 is 7.93. The second-order valence-electron chi connectivity index (χ2n) is 4.14. The van der Waals surface area contributed by atoms with E-state index in [1.807, 2.05) is 0 Å². The van der Waals surface area contributed by atoms with E-state index in [1.54, 1.807) is 18.2 Å². The lowest BCUT2D eigenvalue weighted by atomic mass is 10.1. The molecular formula is C12H12ClIN2O2. The molecule has 6 heteroatoms. The molecule has 0 saturated carbocycles. The second-order valence-corrected chi connectivity index (χ2v) is 5.74. The summed E-state index contributed by atoms with van der Waals surface area (Å²) < 4.78 is 0.817. The molecule has 1 atom stereocenters. The number of benzene rings is 1. The molecule has 0 aromatic heterocycles. The first-order valence-electron chi connectivity index (χ1n) is 5.59. The highest BCUT2D eigenvalue weighted by molar-refractivity contribution is 14.1. The van der Waals surface area contributed by atoms with Crippen LogP contribution in [0, 0.1) is 3.57 Å². The first kappa shape index (κ1) is 13.6. The van der Waals surface area contributed by atoms with Crippen LogP contribution in [0.1, 0.15) is 23.2 Å². The Hall–Kier alpha value is -0.820. The lowest BCUT2D eigenvalue weighted by Crippen LogP contribution is -2.47. The molecule has 1 aliphatic rings. The zero-order chi connectivity index (χ0) is 13.1. The van der Waals surface area contributed by atoms with Crippen molar-refractivity contribution in [2.75, 3.05) is 6.54 Å². The number of carbonyl (C=O) groups is 2. The van der Waals surface area contributed by atoms with Crippen LogP contribution in [0.2, 0.25) is 5.02 Å². The maximum absolute atomic E-state index is 12.1. The largest absolute Gasteiger partial charge is 0.354 e. The second kappa shape index (κ2) is 5.88. The van der Waals surface area contributed by atoms with Crippen LogP contribution in [-0.4, -0.2) is 24.4 Å². The fourth-order valence-corrected chi connectivity index (χ4v) is 2.91. The molecule has 18 heavy (non-hydrogen) atoms. The Morgan fingerprint density at radius 1 is 1.50 bits per heavy atom. The summed E-state index contributed by atoms with van der Waals surface area (Å²) in [4.78, 5) is 23.1. The van der Waals surface area contributed by atoms with Crippen molar-refractivity contribution >= 4 is 46.0 Å². The Labute approximate surface area is 124 Å². The predicted octanol–water partition coefficient (Wildman–Crippen LogP) is 1.95. The minimum absolute atomic E-state index is 0.00155. The molecule has 1 fully saturated rings. The normalized spacial score (nSPS) is 19.2. The molecule has 1 heterocycles. The molecule has 4 nitrogen and oxygen atoms in total. The number of carbonyl (C=O) groups excluding carboxylic acids is 2. The van der Waals surface area contributed by atoms with Gasteiger partial charge in [0.1, 0.15) is 0 Å². The van der Waals surface area contributed by atoms with Crippen LogP contribution in [0.15, 0.2) is 18.2 Å². The van der Waals surface area contributed by atoms with E-state index in [0.717, 1.165) is 3.57 Å². The minimum atomic E-state index is -0.128. The van der Waals surface area contributed by atoms with Crippen molar-refractivity contribution in [3.8, 4) is 0 Å². The Kier molecular flexibility index (Phi) is 4.45. The van der Waals surface area contributed by atoms with Crippen LogP contribution in [0.3, 0.4) is 0 Å². The number of rotatable bonds is 2.